The average molecular weight is 415 g/mol. The van der Waals surface area contributed by atoms with Crippen LogP contribution in [0.25, 0.3) is 33.3 Å². The number of aromatic nitrogens is 2. The van der Waals surface area contributed by atoms with E-state index >= 15 is 0 Å². The Morgan fingerprint density at radius 3 is 2.41 bits per heavy atom. The predicted molar refractivity (Wildman–Crippen MR) is 130 cm³/mol. The van der Waals surface area contributed by atoms with E-state index < -0.39 is 0 Å². The van der Waals surface area contributed by atoms with Gasteiger partial charge in [-0.1, -0.05) is 60.2 Å². The lowest BCUT2D eigenvalue weighted by Gasteiger charge is -2.15. The molecule has 154 valence electrons. The fourth-order valence-corrected chi connectivity index (χ4v) is 3.94. The second-order valence-corrected chi connectivity index (χ2v) is 7.64. The molecule has 5 aromatic rings. The number of amides is 1. The number of nitrogens with one attached hydrogen (secondary N) is 1. The number of anilines is 1. The molecule has 0 radical (unpaired) electrons. The summed E-state index contributed by atoms with van der Waals surface area (Å²) >= 11 is 0. The van der Waals surface area contributed by atoms with E-state index in [4.69, 9.17) is 0 Å². The third-order valence-electron chi connectivity index (χ3n) is 5.46. The molecule has 0 aliphatic heterocycles. The molecule has 4 nitrogen and oxygen atoms in total. The van der Waals surface area contributed by atoms with Gasteiger partial charge in [0.2, 0.25) is 0 Å². The van der Waals surface area contributed by atoms with Crippen LogP contribution in [0.4, 0.5) is 5.69 Å². The number of benzene rings is 3. The number of nitrogens with zero attached hydrogens (tertiary/aromatic N) is 2. The van der Waals surface area contributed by atoms with Crippen LogP contribution in [0.1, 0.15) is 15.9 Å². The van der Waals surface area contributed by atoms with Crippen molar-refractivity contribution in [2.24, 2.45) is 0 Å². The molecule has 4 heteroatoms. The highest BCUT2D eigenvalue weighted by Crippen LogP contribution is 2.34. The van der Waals surface area contributed by atoms with E-state index in [1.807, 2.05) is 72.8 Å². The smallest absolute Gasteiger partial charge is 0.256 e. The first-order valence-corrected chi connectivity index (χ1v) is 10.5. The minimum Gasteiger partial charge on any atom is -0.320 e. The van der Waals surface area contributed by atoms with Crippen molar-refractivity contribution in [1.29, 1.82) is 0 Å². The first-order valence-electron chi connectivity index (χ1n) is 10.5. The Hall–Kier alpha value is -4.31. The molecule has 0 saturated heterocycles. The van der Waals surface area contributed by atoms with Crippen LogP contribution >= 0.6 is 0 Å². The maximum atomic E-state index is 13.4. The van der Waals surface area contributed by atoms with Crippen molar-refractivity contribution < 1.29 is 4.79 Å². The molecule has 1 amide bonds. The Bertz CT molecular complexity index is 1420. The molecular weight excluding hydrogens is 394 g/mol. The molecule has 1 N–H and O–H groups in total. The van der Waals surface area contributed by atoms with Crippen LogP contribution in [-0.4, -0.2) is 15.9 Å². The second kappa shape index (κ2) is 8.44. The number of carbonyl (C=O) groups excluding carboxylic acids is 1. The van der Waals surface area contributed by atoms with E-state index in [9.17, 15) is 4.79 Å². The van der Waals surface area contributed by atoms with Crippen LogP contribution in [0.3, 0.4) is 0 Å². The van der Waals surface area contributed by atoms with Crippen LogP contribution in [0, 0.1) is 6.92 Å². The van der Waals surface area contributed by atoms with Crippen molar-refractivity contribution >= 4 is 22.5 Å². The summed E-state index contributed by atoms with van der Waals surface area (Å²) < 4.78 is 0. The lowest BCUT2D eigenvalue weighted by Crippen LogP contribution is -2.13. The summed E-state index contributed by atoms with van der Waals surface area (Å²) in [6.07, 6.45) is 3.52. The minimum atomic E-state index is -0.175. The molecule has 0 fully saturated rings. The third kappa shape index (κ3) is 3.74. The lowest BCUT2D eigenvalue weighted by atomic mass is 9.92. The van der Waals surface area contributed by atoms with E-state index in [1.165, 1.54) is 0 Å². The summed E-state index contributed by atoms with van der Waals surface area (Å²) in [6, 6.07) is 29.4. The summed E-state index contributed by atoms with van der Waals surface area (Å²) in [5.74, 6) is -0.175. The van der Waals surface area contributed by atoms with Gasteiger partial charge in [0.05, 0.1) is 16.9 Å². The van der Waals surface area contributed by atoms with Crippen molar-refractivity contribution in [2.75, 3.05) is 5.32 Å². The van der Waals surface area contributed by atoms with E-state index in [2.05, 4.69) is 40.4 Å². The highest BCUT2D eigenvalue weighted by Gasteiger charge is 2.17. The monoisotopic (exact) mass is 415 g/mol. The zero-order chi connectivity index (χ0) is 21.9. The first kappa shape index (κ1) is 19.6. The standard InChI is InChI=1S/C28H21N3O/c1-19-14-15-22(24(18-19)25-12-4-5-16-29-25)21-10-2-3-11-23(21)28(32)31-26-13-6-8-20-9-7-17-30-27(20)26/h2-18H,1H3,(H,31,32). The zero-order valence-electron chi connectivity index (χ0n) is 17.6. The van der Waals surface area contributed by atoms with Gasteiger partial charge in [0, 0.05) is 28.9 Å². The number of rotatable bonds is 4. The van der Waals surface area contributed by atoms with Crippen LogP contribution in [0.5, 0.6) is 0 Å². The number of aryl methyl sites for hydroxylation is 1. The Labute approximate surface area is 186 Å². The Balaban J connectivity index is 1.59. The topological polar surface area (TPSA) is 54.9 Å². The first-order chi connectivity index (χ1) is 15.7. The number of fused-ring (bicyclic) bond motifs is 1. The van der Waals surface area contributed by atoms with Crippen LogP contribution in [0.2, 0.25) is 0 Å². The number of hydrogen-bond donors (Lipinski definition) is 1. The van der Waals surface area contributed by atoms with E-state index in [0.29, 0.717) is 11.3 Å². The van der Waals surface area contributed by atoms with Crippen LogP contribution in [-0.2, 0) is 0 Å². The van der Waals surface area contributed by atoms with Gasteiger partial charge in [0.15, 0.2) is 0 Å². The molecule has 2 heterocycles. The summed E-state index contributed by atoms with van der Waals surface area (Å²) in [4.78, 5) is 22.4. The maximum Gasteiger partial charge on any atom is 0.256 e. The van der Waals surface area contributed by atoms with Crippen molar-refractivity contribution in [3.05, 3.63) is 115 Å². The van der Waals surface area contributed by atoms with Gasteiger partial charge in [0.1, 0.15) is 0 Å². The molecule has 0 aliphatic carbocycles. The molecule has 0 aliphatic rings. The van der Waals surface area contributed by atoms with Gasteiger partial charge in [0.25, 0.3) is 5.91 Å². The largest absolute Gasteiger partial charge is 0.320 e. The Kier molecular flexibility index (Phi) is 5.18. The minimum absolute atomic E-state index is 0.175. The molecular formula is C28H21N3O. The van der Waals surface area contributed by atoms with Crippen molar-refractivity contribution in [1.82, 2.24) is 9.97 Å². The highest BCUT2D eigenvalue weighted by atomic mass is 16.1. The molecule has 0 saturated carbocycles. The molecule has 5 rings (SSSR count). The van der Waals surface area contributed by atoms with Crippen molar-refractivity contribution in [3.8, 4) is 22.4 Å². The predicted octanol–water partition coefficient (Wildman–Crippen LogP) is 6.52. The van der Waals surface area contributed by atoms with E-state index in [-0.39, 0.29) is 5.91 Å². The Morgan fingerprint density at radius 2 is 1.53 bits per heavy atom. The lowest BCUT2D eigenvalue weighted by molar-refractivity contribution is 0.102. The highest BCUT2D eigenvalue weighted by molar-refractivity contribution is 6.12. The molecule has 0 atom stereocenters. The quantitative estimate of drug-likeness (QED) is 0.363. The van der Waals surface area contributed by atoms with Gasteiger partial charge < -0.3 is 5.32 Å². The van der Waals surface area contributed by atoms with Gasteiger partial charge in [-0.15, -0.1) is 0 Å². The average Bonchev–Trinajstić information content (AvgIpc) is 2.85. The van der Waals surface area contributed by atoms with Crippen molar-refractivity contribution in [2.45, 2.75) is 6.92 Å². The summed E-state index contributed by atoms with van der Waals surface area (Å²) in [5, 5.41) is 4.05. The van der Waals surface area contributed by atoms with E-state index in [1.54, 1.807) is 12.4 Å². The zero-order valence-corrected chi connectivity index (χ0v) is 17.6. The second-order valence-electron chi connectivity index (χ2n) is 7.64. The number of carbonyl (C=O) groups is 1. The number of pyridine rings is 2. The molecule has 0 bridgehead atoms. The number of hydrogen-bond acceptors (Lipinski definition) is 3. The maximum absolute atomic E-state index is 13.4. The Morgan fingerprint density at radius 1 is 0.719 bits per heavy atom. The fourth-order valence-electron chi connectivity index (χ4n) is 3.94. The van der Waals surface area contributed by atoms with Gasteiger partial charge in [-0.05, 0) is 54.4 Å². The van der Waals surface area contributed by atoms with E-state index in [0.717, 1.165) is 38.9 Å². The molecule has 0 spiro atoms. The van der Waals surface area contributed by atoms with Gasteiger partial charge >= 0.3 is 0 Å². The summed E-state index contributed by atoms with van der Waals surface area (Å²) in [7, 11) is 0. The van der Waals surface area contributed by atoms with Crippen LogP contribution < -0.4 is 5.32 Å². The van der Waals surface area contributed by atoms with Gasteiger partial charge in [-0.25, -0.2) is 0 Å². The summed E-state index contributed by atoms with van der Waals surface area (Å²) in [6.45, 7) is 2.06. The fraction of sp³-hybridized carbons (Fsp3) is 0.0357. The molecule has 0 unspecified atom stereocenters. The summed E-state index contributed by atoms with van der Waals surface area (Å²) in [5.41, 5.74) is 6.90. The van der Waals surface area contributed by atoms with Gasteiger partial charge in [-0.2, -0.15) is 0 Å². The SMILES string of the molecule is Cc1ccc(-c2ccccc2C(=O)Nc2cccc3cccnc23)c(-c2ccccn2)c1. The van der Waals surface area contributed by atoms with Crippen molar-refractivity contribution in [3.63, 3.8) is 0 Å². The molecule has 32 heavy (non-hydrogen) atoms. The number of para-hydroxylation sites is 1. The molecule has 2 aromatic heterocycles. The van der Waals surface area contributed by atoms with Crippen LogP contribution in [0.15, 0.2) is 103 Å². The van der Waals surface area contributed by atoms with Gasteiger partial charge in [-0.3, -0.25) is 14.8 Å². The normalized spacial score (nSPS) is 10.8. The molecule has 3 aromatic carbocycles. The third-order valence-corrected chi connectivity index (χ3v) is 5.46.